The van der Waals surface area contributed by atoms with Crippen LogP contribution in [0.3, 0.4) is 0 Å². The Hall–Kier alpha value is -4.68. The fourth-order valence-corrected chi connectivity index (χ4v) is 11.1. The van der Waals surface area contributed by atoms with Gasteiger partial charge in [0.2, 0.25) is 0 Å². The van der Waals surface area contributed by atoms with Gasteiger partial charge in [-0.25, -0.2) is 0 Å². The van der Waals surface area contributed by atoms with Gasteiger partial charge in [-0.2, -0.15) is 0 Å². The van der Waals surface area contributed by atoms with Gasteiger partial charge in [0.15, 0.2) is 0 Å². The smallest absolute Gasteiger partial charge is 0.0361 e. The molecule has 0 amide bonds. The largest absolute Gasteiger partial charge is 0.0795 e. The van der Waals surface area contributed by atoms with Crippen molar-refractivity contribution in [2.24, 2.45) is 0 Å². The zero-order chi connectivity index (χ0) is 26.6. The van der Waals surface area contributed by atoms with Gasteiger partial charge in [0.25, 0.3) is 0 Å². The molecule has 11 aliphatic carbocycles. The van der Waals surface area contributed by atoms with E-state index < -0.39 is 0 Å². The zero-order valence-electron chi connectivity index (χ0n) is 23.0. The summed E-state index contributed by atoms with van der Waals surface area (Å²) < 4.78 is 0. The Balaban J connectivity index is 1.43. The maximum absolute atomic E-state index is 2.48. The van der Waals surface area contributed by atoms with E-state index in [2.05, 4.69) is 91.1 Å². The minimum Gasteiger partial charge on any atom is -0.0795 e. The SMILES string of the molecule is C1=CC2=C3C=CC=C4C5=c6c(c7c8c9c%10c%11c(c(c69)C43)C2C(=C1)C1=C%11C(=C2C=CC=C(C=8C=CC7)C2%10)CC=C1)CC=C5. The Morgan fingerprint density at radius 1 is 0.476 bits per heavy atom. The second-order valence-electron chi connectivity index (χ2n) is 13.6. The number of benzene rings is 2. The van der Waals surface area contributed by atoms with Crippen LogP contribution in [0.15, 0.2) is 136 Å². The summed E-state index contributed by atoms with van der Waals surface area (Å²) in [4.78, 5) is 0. The number of rotatable bonds is 0. The Morgan fingerprint density at radius 3 is 1.69 bits per heavy atom. The zero-order valence-corrected chi connectivity index (χ0v) is 23.0. The molecule has 0 aliphatic heterocycles. The van der Waals surface area contributed by atoms with E-state index >= 15 is 0 Å². The normalized spacial score (nSPS) is 28.9. The number of hydrogen-bond acceptors (Lipinski definition) is 0. The van der Waals surface area contributed by atoms with Crippen molar-refractivity contribution in [1.29, 1.82) is 0 Å². The number of hydrogen-bond donors (Lipinski definition) is 0. The summed E-state index contributed by atoms with van der Waals surface area (Å²) in [5.74, 6) is 0.981. The molecule has 0 nitrogen and oxygen atoms in total. The van der Waals surface area contributed by atoms with Gasteiger partial charge in [-0.15, -0.1) is 0 Å². The fourth-order valence-electron chi connectivity index (χ4n) is 11.1. The summed E-state index contributed by atoms with van der Waals surface area (Å²) in [6, 6.07) is 0. The molecule has 0 heterocycles. The molecule has 3 atom stereocenters. The first-order chi connectivity index (χ1) is 20.9. The lowest BCUT2D eigenvalue weighted by Gasteiger charge is -2.51. The van der Waals surface area contributed by atoms with Gasteiger partial charge in [0.1, 0.15) is 0 Å². The molecule has 2 aromatic rings. The van der Waals surface area contributed by atoms with Crippen molar-refractivity contribution in [3.8, 4) is 0 Å². The molecule has 11 aliphatic rings. The summed E-state index contributed by atoms with van der Waals surface area (Å²) >= 11 is 0. The second kappa shape index (κ2) is 6.22. The maximum atomic E-state index is 2.48. The molecule has 0 bridgehead atoms. The molecule has 3 unspecified atom stereocenters. The Labute approximate surface area is 243 Å². The Morgan fingerprint density at radius 2 is 1.00 bits per heavy atom. The molecule has 0 aromatic heterocycles. The van der Waals surface area contributed by atoms with Crippen LogP contribution in [0.25, 0.3) is 27.5 Å². The minimum atomic E-state index is 0.322. The lowest BCUT2D eigenvalue weighted by molar-refractivity contribution is 0.789. The van der Waals surface area contributed by atoms with Crippen molar-refractivity contribution in [2.45, 2.75) is 37.0 Å². The highest BCUT2D eigenvalue weighted by atomic mass is 14.5. The van der Waals surface area contributed by atoms with Crippen LogP contribution in [0.4, 0.5) is 0 Å². The van der Waals surface area contributed by atoms with E-state index in [9.17, 15) is 0 Å². The molecular formula is C42H24. The molecule has 0 spiro atoms. The summed E-state index contributed by atoms with van der Waals surface area (Å²) in [7, 11) is 0. The highest BCUT2D eigenvalue weighted by Gasteiger charge is 2.51. The van der Waals surface area contributed by atoms with E-state index in [-0.39, 0.29) is 0 Å². The minimum absolute atomic E-state index is 0.322. The number of fused-ring (bicyclic) bond motifs is 4. The van der Waals surface area contributed by atoms with E-state index in [1.165, 1.54) is 44.6 Å². The van der Waals surface area contributed by atoms with Crippen LogP contribution >= 0.6 is 0 Å². The maximum Gasteiger partial charge on any atom is 0.0361 e. The van der Waals surface area contributed by atoms with Gasteiger partial charge in [0.05, 0.1) is 0 Å². The van der Waals surface area contributed by atoms with Crippen LogP contribution in [0.5, 0.6) is 0 Å². The monoisotopic (exact) mass is 528 g/mol. The van der Waals surface area contributed by atoms with Gasteiger partial charge >= 0.3 is 0 Å². The molecule has 0 saturated heterocycles. The van der Waals surface area contributed by atoms with Gasteiger partial charge in [-0.3, -0.25) is 0 Å². The van der Waals surface area contributed by atoms with Crippen LogP contribution in [0.1, 0.15) is 57.6 Å². The van der Waals surface area contributed by atoms with E-state index in [1.54, 1.807) is 71.3 Å². The van der Waals surface area contributed by atoms with Crippen molar-refractivity contribution in [1.82, 2.24) is 0 Å². The van der Waals surface area contributed by atoms with Crippen molar-refractivity contribution < 1.29 is 0 Å². The Kier molecular flexibility index (Phi) is 3.00. The fraction of sp³-hybridized carbons (Fsp3) is 0.143. The van der Waals surface area contributed by atoms with Crippen LogP contribution < -0.4 is 10.4 Å². The van der Waals surface area contributed by atoms with E-state index in [0.717, 1.165) is 19.3 Å². The lowest BCUT2D eigenvalue weighted by atomic mass is 9.52. The molecule has 0 N–H and O–H groups in total. The van der Waals surface area contributed by atoms with E-state index in [0.29, 0.717) is 17.8 Å². The van der Waals surface area contributed by atoms with Crippen LogP contribution in [-0.2, 0) is 12.8 Å². The van der Waals surface area contributed by atoms with Crippen molar-refractivity contribution in [3.05, 3.63) is 180 Å². The van der Waals surface area contributed by atoms with Gasteiger partial charge < -0.3 is 0 Å². The topological polar surface area (TPSA) is 0 Å². The number of allylic oxidation sites excluding steroid dienone is 24. The Bertz CT molecular complexity index is 2500. The molecule has 0 fully saturated rings. The molecule has 42 heavy (non-hydrogen) atoms. The van der Waals surface area contributed by atoms with E-state index in [1.807, 2.05) is 0 Å². The highest BCUT2D eigenvalue weighted by molar-refractivity contribution is 6.13. The summed E-state index contributed by atoms with van der Waals surface area (Å²) in [5.41, 5.74) is 26.6. The van der Waals surface area contributed by atoms with Gasteiger partial charge in [-0.1, -0.05) is 91.1 Å². The van der Waals surface area contributed by atoms with Crippen LogP contribution in [0, 0.1) is 0 Å². The van der Waals surface area contributed by atoms with Crippen molar-refractivity contribution in [2.75, 3.05) is 0 Å². The first kappa shape index (κ1) is 20.2. The van der Waals surface area contributed by atoms with Crippen molar-refractivity contribution in [3.63, 3.8) is 0 Å². The van der Waals surface area contributed by atoms with E-state index in [4.69, 9.17) is 0 Å². The summed E-state index contributed by atoms with van der Waals surface area (Å²) in [6.45, 7) is 0. The quantitative estimate of drug-likeness (QED) is 0.333. The highest BCUT2D eigenvalue weighted by Crippen LogP contribution is 2.67. The second-order valence-corrected chi connectivity index (χ2v) is 13.6. The third-order valence-corrected chi connectivity index (χ3v) is 12.3. The molecule has 192 valence electrons. The first-order valence-electron chi connectivity index (χ1n) is 15.7. The standard InChI is InChI=1S/C42H24/c1-7-19-21-9-2-11-23-25-13-4-15-27-29-17-6-18-30-28-16-5-14-26-24-12-3-10-22-20(8-1)31(19)37-38(32(21)23)40(34(25)27)42(36(29)30)41(35(26)28)39(37)33(22)24/h1-11,13-14,16,18,31-32,35H,12,15,17H2. The molecule has 2 aromatic carbocycles. The molecule has 0 radical (unpaired) electrons. The predicted molar refractivity (Wildman–Crippen MR) is 170 cm³/mol. The lowest BCUT2D eigenvalue weighted by Crippen LogP contribution is -2.41. The first-order valence-corrected chi connectivity index (χ1v) is 15.7. The van der Waals surface area contributed by atoms with Crippen molar-refractivity contribution >= 4 is 27.5 Å². The average molecular weight is 529 g/mol. The van der Waals surface area contributed by atoms with Gasteiger partial charge in [0, 0.05) is 17.8 Å². The van der Waals surface area contributed by atoms with Gasteiger partial charge in [-0.05, 0) is 135 Å². The molecule has 0 heteroatoms. The molecular weight excluding hydrogens is 504 g/mol. The summed E-state index contributed by atoms with van der Waals surface area (Å²) in [5, 5.41) is 6.37. The third kappa shape index (κ3) is 1.82. The third-order valence-electron chi connectivity index (χ3n) is 12.3. The van der Waals surface area contributed by atoms with Crippen LogP contribution in [0.2, 0.25) is 0 Å². The molecule has 13 rings (SSSR count). The van der Waals surface area contributed by atoms with Crippen LogP contribution in [-0.4, -0.2) is 0 Å². The molecule has 0 saturated carbocycles. The average Bonchev–Trinajstić information content (AvgIpc) is 3.06. The predicted octanol–water partition coefficient (Wildman–Crippen LogP) is 7.48. The summed E-state index contributed by atoms with van der Waals surface area (Å²) in [6.07, 6.45) is 39.6.